The van der Waals surface area contributed by atoms with Crippen molar-refractivity contribution in [3.63, 3.8) is 0 Å². The number of ether oxygens (including phenoxy) is 1. The van der Waals surface area contributed by atoms with Gasteiger partial charge in [-0.25, -0.2) is 0 Å². The summed E-state index contributed by atoms with van der Waals surface area (Å²) in [5, 5.41) is 1.06. The Balaban J connectivity index is 1.65. The van der Waals surface area contributed by atoms with Gasteiger partial charge in [-0.05, 0) is 29.8 Å². The zero-order valence-electron chi connectivity index (χ0n) is 16.3. The van der Waals surface area contributed by atoms with Crippen LogP contribution < -0.4 is 4.74 Å². The molecule has 0 saturated heterocycles. The first-order chi connectivity index (χ1) is 15.0. The Hall–Kier alpha value is -3.80. The topological polar surface area (TPSA) is 37.4 Å². The highest BCUT2D eigenvalue weighted by molar-refractivity contribution is 6.27. The molecule has 6 heteroatoms. The number of aromatic nitrogens is 1. The van der Waals surface area contributed by atoms with E-state index in [1.807, 2.05) is 60.9 Å². The molecule has 1 aliphatic rings. The summed E-state index contributed by atoms with van der Waals surface area (Å²) >= 11 is 0. The van der Waals surface area contributed by atoms with Crippen LogP contribution in [0.4, 0.5) is 18.9 Å². The summed E-state index contributed by atoms with van der Waals surface area (Å²) in [6.07, 6.45) is -0.578. The van der Waals surface area contributed by atoms with Crippen LogP contribution in [-0.2, 0) is 0 Å². The van der Waals surface area contributed by atoms with Gasteiger partial charge in [0.15, 0.2) is 6.61 Å². The van der Waals surface area contributed by atoms with Crippen molar-refractivity contribution in [2.75, 3.05) is 6.61 Å². The number of allylic oxidation sites excluding steroid dienone is 1. The number of para-hydroxylation sites is 2. The molecule has 3 aromatic carbocycles. The fourth-order valence-corrected chi connectivity index (χ4v) is 3.83. The van der Waals surface area contributed by atoms with Gasteiger partial charge in [-0.15, -0.1) is 0 Å². The van der Waals surface area contributed by atoms with E-state index >= 15 is 0 Å². The summed E-state index contributed by atoms with van der Waals surface area (Å²) in [5.74, 6) is 0.171. The highest BCUT2D eigenvalue weighted by Gasteiger charge is 2.28. The lowest BCUT2D eigenvalue weighted by Crippen LogP contribution is -2.19. The predicted octanol–water partition coefficient (Wildman–Crippen LogP) is 6.78. The number of fused-ring (bicyclic) bond motifs is 2. The Morgan fingerprint density at radius 3 is 2.45 bits per heavy atom. The number of hydrogen-bond donors (Lipinski definition) is 1. The van der Waals surface area contributed by atoms with E-state index in [-0.39, 0.29) is 5.75 Å². The minimum Gasteiger partial charge on any atom is -0.484 e. The molecular formula is C25H17F3N2O. The molecule has 31 heavy (non-hydrogen) atoms. The van der Waals surface area contributed by atoms with Gasteiger partial charge in [0.2, 0.25) is 0 Å². The molecule has 0 saturated carbocycles. The molecule has 0 fully saturated rings. The van der Waals surface area contributed by atoms with Gasteiger partial charge in [-0.2, -0.15) is 13.2 Å². The van der Waals surface area contributed by atoms with Crippen LogP contribution in [-0.4, -0.2) is 24.0 Å². The molecule has 1 aliphatic heterocycles. The molecule has 0 radical (unpaired) electrons. The molecule has 0 atom stereocenters. The van der Waals surface area contributed by atoms with Crippen molar-refractivity contribution in [1.82, 2.24) is 4.98 Å². The van der Waals surface area contributed by atoms with Crippen molar-refractivity contribution < 1.29 is 17.9 Å². The van der Waals surface area contributed by atoms with E-state index in [0.717, 1.165) is 44.4 Å². The molecule has 154 valence electrons. The minimum absolute atomic E-state index is 0.171. The van der Waals surface area contributed by atoms with Gasteiger partial charge in [0.1, 0.15) is 5.75 Å². The van der Waals surface area contributed by atoms with Crippen LogP contribution in [0.25, 0.3) is 22.0 Å². The second-order valence-electron chi connectivity index (χ2n) is 7.24. The number of nitrogens with one attached hydrogen (secondary N) is 1. The lowest BCUT2D eigenvalue weighted by atomic mass is 9.90. The standard InChI is InChI=1S/C25H17F3N2O/c26-25(27,28)15-31-17-11-9-16(10-12-17)24(20-13-29-22-7-3-1-5-18(20)22)21-14-30-23-8-4-2-6-19(21)23/h1-14,29H,15H2/b24-21+. The number of benzene rings is 3. The summed E-state index contributed by atoms with van der Waals surface area (Å²) in [7, 11) is 0. The van der Waals surface area contributed by atoms with Crippen LogP contribution in [0.3, 0.4) is 0 Å². The van der Waals surface area contributed by atoms with E-state index in [9.17, 15) is 13.2 Å². The lowest BCUT2D eigenvalue weighted by molar-refractivity contribution is -0.153. The average molecular weight is 418 g/mol. The summed E-state index contributed by atoms with van der Waals surface area (Å²) in [6.45, 7) is -1.32. The molecule has 1 N–H and O–H groups in total. The van der Waals surface area contributed by atoms with E-state index in [4.69, 9.17) is 4.74 Å². The number of aromatic amines is 1. The van der Waals surface area contributed by atoms with Gasteiger partial charge in [-0.3, -0.25) is 4.99 Å². The number of aliphatic imine (C=N–C) groups is 1. The van der Waals surface area contributed by atoms with Crippen LogP contribution in [0.15, 0.2) is 84.0 Å². The summed E-state index contributed by atoms with van der Waals surface area (Å²) in [4.78, 5) is 7.85. The Morgan fingerprint density at radius 2 is 1.65 bits per heavy atom. The Kier molecular flexibility index (Phi) is 4.62. The largest absolute Gasteiger partial charge is 0.484 e. The van der Waals surface area contributed by atoms with Crippen LogP contribution in [0.1, 0.15) is 16.7 Å². The van der Waals surface area contributed by atoms with E-state index in [0.29, 0.717) is 0 Å². The number of alkyl halides is 3. The van der Waals surface area contributed by atoms with Gasteiger partial charge >= 0.3 is 6.18 Å². The first kappa shape index (κ1) is 19.2. The van der Waals surface area contributed by atoms with Crippen molar-refractivity contribution in [2.24, 2.45) is 4.99 Å². The molecule has 0 amide bonds. The summed E-state index contributed by atoms with van der Waals surface area (Å²) in [5.41, 5.74) is 6.68. The van der Waals surface area contributed by atoms with E-state index in [1.165, 1.54) is 0 Å². The number of nitrogens with zero attached hydrogens (tertiary/aromatic N) is 1. The van der Waals surface area contributed by atoms with Gasteiger partial charge in [0, 0.05) is 45.6 Å². The second-order valence-corrected chi connectivity index (χ2v) is 7.24. The fourth-order valence-electron chi connectivity index (χ4n) is 3.83. The van der Waals surface area contributed by atoms with Crippen LogP contribution in [0.2, 0.25) is 0 Å². The zero-order chi connectivity index (χ0) is 21.4. The van der Waals surface area contributed by atoms with Gasteiger partial charge in [0.25, 0.3) is 0 Å². The molecular weight excluding hydrogens is 401 g/mol. The molecule has 2 heterocycles. The lowest BCUT2D eigenvalue weighted by Gasteiger charge is -2.13. The third-order valence-corrected chi connectivity index (χ3v) is 5.20. The van der Waals surface area contributed by atoms with E-state index in [1.54, 1.807) is 24.3 Å². The van der Waals surface area contributed by atoms with Gasteiger partial charge in [-0.1, -0.05) is 48.5 Å². The molecule has 1 aromatic heterocycles. The van der Waals surface area contributed by atoms with Crippen LogP contribution in [0.5, 0.6) is 5.75 Å². The first-order valence-corrected chi connectivity index (χ1v) is 9.74. The van der Waals surface area contributed by atoms with Crippen molar-refractivity contribution >= 4 is 34.0 Å². The normalized spacial score (nSPS) is 14.7. The van der Waals surface area contributed by atoms with Crippen molar-refractivity contribution in [1.29, 1.82) is 0 Å². The summed E-state index contributed by atoms with van der Waals surface area (Å²) < 4.78 is 42.3. The quantitative estimate of drug-likeness (QED) is 0.390. The Morgan fingerprint density at radius 1 is 0.903 bits per heavy atom. The second kappa shape index (κ2) is 7.47. The van der Waals surface area contributed by atoms with Crippen LogP contribution >= 0.6 is 0 Å². The third-order valence-electron chi connectivity index (χ3n) is 5.20. The van der Waals surface area contributed by atoms with Crippen molar-refractivity contribution in [3.05, 3.63) is 95.7 Å². The number of rotatable bonds is 4. The maximum Gasteiger partial charge on any atom is 0.422 e. The molecule has 3 nitrogen and oxygen atoms in total. The van der Waals surface area contributed by atoms with Crippen LogP contribution in [0, 0.1) is 0 Å². The Labute approximate surface area is 176 Å². The first-order valence-electron chi connectivity index (χ1n) is 9.74. The smallest absolute Gasteiger partial charge is 0.422 e. The number of H-pyrrole nitrogens is 1. The number of halogens is 3. The SMILES string of the molecule is FC(F)(F)COc1ccc(/C(=C2/C=Nc3ccccc32)c2c[nH]c3ccccc23)cc1. The maximum atomic E-state index is 12.5. The summed E-state index contributed by atoms with van der Waals surface area (Å²) in [6, 6.07) is 22.6. The monoisotopic (exact) mass is 418 g/mol. The molecule has 0 unspecified atom stereocenters. The van der Waals surface area contributed by atoms with Gasteiger partial charge in [0.05, 0.1) is 5.69 Å². The highest BCUT2D eigenvalue weighted by Crippen LogP contribution is 2.41. The van der Waals surface area contributed by atoms with Gasteiger partial charge < -0.3 is 9.72 Å². The minimum atomic E-state index is -4.38. The fraction of sp³-hybridized carbons (Fsp3) is 0.0800. The average Bonchev–Trinajstić information content (AvgIpc) is 3.38. The molecule has 0 spiro atoms. The molecule has 5 rings (SSSR count). The Bertz CT molecular complexity index is 1310. The maximum absolute atomic E-state index is 12.5. The van der Waals surface area contributed by atoms with E-state index < -0.39 is 12.8 Å². The molecule has 0 bridgehead atoms. The predicted molar refractivity (Wildman–Crippen MR) is 117 cm³/mol. The van der Waals surface area contributed by atoms with E-state index in [2.05, 4.69) is 9.98 Å². The molecule has 4 aromatic rings. The highest BCUT2D eigenvalue weighted by atomic mass is 19.4. The zero-order valence-corrected chi connectivity index (χ0v) is 16.3. The molecule has 0 aliphatic carbocycles. The number of hydrogen-bond acceptors (Lipinski definition) is 2. The third kappa shape index (κ3) is 3.72. The van der Waals surface area contributed by atoms with Crippen molar-refractivity contribution in [3.8, 4) is 5.75 Å². The van der Waals surface area contributed by atoms with Crippen molar-refractivity contribution in [2.45, 2.75) is 6.18 Å².